The molecule has 0 heterocycles. The summed E-state index contributed by atoms with van der Waals surface area (Å²) in [5.41, 5.74) is -0.512. The number of aryl methyl sites for hydroxylation is 1. The molecule has 1 aromatic rings. The number of hydrogen-bond donors (Lipinski definition) is 1. The molecular weight excluding hydrogens is 404 g/mol. The van der Waals surface area contributed by atoms with Gasteiger partial charge in [-0.1, -0.05) is 12.1 Å². The van der Waals surface area contributed by atoms with Gasteiger partial charge in [0, 0.05) is 18.2 Å². The van der Waals surface area contributed by atoms with Gasteiger partial charge >= 0.3 is 11.9 Å². The van der Waals surface area contributed by atoms with Gasteiger partial charge in [0.05, 0.1) is 24.6 Å². The summed E-state index contributed by atoms with van der Waals surface area (Å²) in [6, 6.07) is 5.64. The predicted octanol–water partition coefficient (Wildman–Crippen LogP) is 2.87. The van der Waals surface area contributed by atoms with Crippen LogP contribution in [0.2, 0.25) is 0 Å². The van der Waals surface area contributed by atoms with Crippen LogP contribution in [0.5, 0.6) is 0 Å². The lowest BCUT2D eigenvalue weighted by atomic mass is 10.0. The van der Waals surface area contributed by atoms with E-state index in [1.54, 1.807) is 58.6 Å². The third-order valence-corrected chi connectivity index (χ3v) is 4.14. The molecule has 0 saturated heterocycles. The molecule has 0 fully saturated rings. The molecule has 9 heteroatoms. The maximum atomic E-state index is 12.4. The third-order valence-electron chi connectivity index (χ3n) is 4.14. The number of carbonyl (C=O) groups is 2. The standard InChI is InChI=1S/C22H34N2O7/c1-21(2,3)30-19(26)13-23(14-20(27)31-22(4,5)6)18(15-25)12-9-16-7-10-17(11-8-16)24(28)29/h7-8,10-11,18,25H,9,12-15H2,1-6H3. The zero-order chi connectivity index (χ0) is 23.8. The van der Waals surface area contributed by atoms with Gasteiger partial charge in [0.15, 0.2) is 0 Å². The fourth-order valence-electron chi connectivity index (χ4n) is 2.90. The van der Waals surface area contributed by atoms with Crippen molar-refractivity contribution in [3.63, 3.8) is 0 Å². The van der Waals surface area contributed by atoms with Crippen molar-refractivity contribution in [1.82, 2.24) is 4.90 Å². The van der Waals surface area contributed by atoms with Crippen LogP contribution in [0.15, 0.2) is 24.3 Å². The molecule has 9 nitrogen and oxygen atoms in total. The summed E-state index contributed by atoms with van der Waals surface area (Å²) in [7, 11) is 0. The van der Waals surface area contributed by atoms with Crippen molar-refractivity contribution in [1.29, 1.82) is 0 Å². The Kier molecular flexibility index (Phi) is 9.58. The summed E-state index contributed by atoms with van der Waals surface area (Å²) >= 11 is 0. The van der Waals surface area contributed by atoms with Crippen molar-refractivity contribution < 1.29 is 29.1 Å². The summed E-state index contributed by atoms with van der Waals surface area (Å²) in [4.78, 5) is 36.6. The van der Waals surface area contributed by atoms with E-state index in [1.807, 2.05) is 0 Å². The lowest BCUT2D eigenvalue weighted by Gasteiger charge is -2.31. The number of aliphatic hydroxyl groups excluding tert-OH is 1. The maximum absolute atomic E-state index is 12.4. The largest absolute Gasteiger partial charge is 0.459 e. The lowest BCUT2D eigenvalue weighted by Crippen LogP contribution is -2.47. The van der Waals surface area contributed by atoms with Crippen LogP contribution in [0.3, 0.4) is 0 Å². The first-order valence-corrected chi connectivity index (χ1v) is 10.2. The number of nitro groups is 1. The summed E-state index contributed by atoms with van der Waals surface area (Å²) in [6.07, 6.45) is 0.933. The number of esters is 2. The first-order valence-electron chi connectivity index (χ1n) is 10.2. The number of aliphatic hydroxyl groups is 1. The number of carbonyl (C=O) groups excluding carboxylic acids is 2. The van der Waals surface area contributed by atoms with E-state index in [9.17, 15) is 24.8 Å². The van der Waals surface area contributed by atoms with Crippen LogP contribution in [0.1, 0.15) is 53.5 Å². The highest BCUT2D eigenvalue weighted by Crippen LogP contribution is 2.17. The lowest BCUT2D eigenvalue weighted by molar-refractivity contribution is -0.384. The average Bonchev–Trinajstić information content (AvgIpc) is 2.59. The SMILES string of the molecule is CC(C)(C)OC(=O)CN(CC(=O)OC(C)(C)C)C(CO)CCc1ccc([N+](=O)[O-])cc1. The van der Waals surface area contributed by atoms with E-state index in [1.165, 1.54) is 12.1 Å². The highest BCUT2D eigenvalue weighted by atomic mass is 16.6. The van der Waals surface area contributed by atoms with Gasteiger partial charge in [-0.2, -0.15) is 0 Å². The van der Waals surface area contributed by atoms with Crippen LogP contribution in [-0.4, -0.2) is 63.8 Å². The van der Waals surface area contributed by atoms with Gasteiger partial charge in [0.25, 0.3) is 5.69 Å². The van der Waals surface area contributed by atoms with E-state index >= 15 is 0 Å². The van der Waals surface area contributed by atoms with Gasteiger partial charge in [-0.25, -0.2) is 0 Å². The van der Waals surface area contributed by atoms with Gasteiger partial charge < -0.3 is 14.6 Å². The van der Waals surface area contributed by atoms with Gasteiger partial charge in [0.2, 0.25) is 0 Å². The molecule has 1 rings (SSSR count). The van der Waals surface area contributed by atoms with Crippen molar-refractivity contribution in [3.05, 3.63) is 39.9 Å². The Balaban J connectivity index is 2.90. The number of hydrogen-bond acceptors (Lipinski definition) is 8. The summed E-state index contributed by atoms with van der Waals surface area (Å²) in [6.45, 7) is 9.87. The summed E-state index contributed by atoms with van der Waals surface area (Å²) < 4.78 is 10.7. The number of ether oxygens (including phenoxy) is 2. The highest BCUT2D eigenvalue weighted by molar-refractivity contribution is 5.75. The maximum Gasteiger partial charge on any atom is 0.320 e. The molecule has 0 saturated carbocycles. The quantitative estimate of drug-likeness (QED) is 0.336. The average molecular weight is 439 g/mol. The van der Waals surface area contributed by atoms with E-state index in [0.717, 1.165) is 5.56 Å². The second kappa shape index (κ2) is 11.2. The minimum Gasteiger partial charge on any atom is -0.459 e. The third kappa shape index (κ3) is 10.9. The van der Waals surface area contributed by atoms with Crippen molar-refractivity contribution in [2.45, 2.75) is 71.6 Å². The van der Waals surface area contributed by atoms with Crippen LogP contribution >= 0.6 is 0 Å². The Bertz CT molecular complexity index is 719. The molecule has 1 N–H and O–H groups in total. The fraction of sp³-hybridized carbons (Fsp3) is 0.636. The Morgan fingerprint density at radius 3 is 1.81 bits per heavy atom. The Hall–Kier alpha value is -2.52. The first-order chi connectivity index (χ1) is 14.2. The molecule has 0 spiro atoms. The number of nitrogens with zero attached hydrogens (tertiary/aromatic N) is 2. The van der Waals surface area contributed by atoms with Crippen LogP contribution in [0.4, 0.5) is 5.69 Å². The van der Waals surface area contributed by atoms with Crippen LogP contribution in [0, 0.1) is 10.1 Å². The molecule has 1 aromatic carbocycles. The molecule has 1 atom stereocenters. The first kappa shape index (κ1) is 26.5. The van der Waals surface area contributed by atoms with Crippen LogP contribution < -0.4 is 0 Å². The molecule has 0 aromatic heterocycles. The van der Waals surface area contributed by atoms with E-state index < -0.39 is 34.1 Å². The van der Waals surface area contributed by atoms with Gasteiger partial charge in [-0.05, 0) is 59.9 Å². The fourth-order valence-corrected chi connectivity index (χ4v) is 2.90. The second-order valence-electron chi connectivity index (χ2n) is 9.38. The summed E-state index contributed by atoms with van der Waals surface area (Å²) in [5, 5.41) is 20.7. The zero-order valence-electron chi connectivity index (χ0n) is 19.2. The van der Waals surface area contributed by atoms with E-state index in [0.29, 0.717) is 12.8 Å². The predicted molar refractivity (Wildman–Crippen MR) is 116 cm³/mol. The van der Waals surface area contributed by atoms with Gasteiger partial charge in [-0.15, -0.1) is 0 Å². The smallest absolute Gasteiger partial charge is 0.320 e. The van der Waals surface area contributed by atoms with Gasteiger partial charge in [-0.3, -0.25) is 24.6 Å². The molecule has 0 amide bonds. The van der Waals surface area contributed by atoms with Crippen molar-refractivity contribution in [2.75, 3.05) is 19.7 Å². The number of non-ortho nitro benzene ring substituents is 1. The summed E-state index contributed by atoms with van der Waals surface area (Å²) in [5.74, 6) is -1.02. The van der Waals surface area contributed by atoms with E-state index in [4.69, 9.17) is 9.47 Å². The van der Waals surface area contributed by atoms with Crippen molar-refractivity contribution in [3.8, 4) is 0 Å². The monoisotopic (exact) mass is 438 g/mol. The zero-order valence-corrected chi connectivity index (χ0v) is 19.2. The van der Waals surface area contributed by atoms with Crippen LogP contribution in [0.25, 0.3) is 0 Å². The van der Waals surface area contributed by atoms with E-state index in [2.05, 4.69) is 0 Å². The molecule has 0 aliphatic rings. The number of benzene rings is 1. The molecule has 0 radical (unpaired) electrons. The highest BCUT2D eigenvalue weighted by Gasteiger charge is 2.28. The Morgan fingerprint density at radius 1 is 1.00 bits per heavy atom. The number of nitro benzene ring substituents is 1. The molecular formula is C22H34N2O7. The molecule has 0 aliphatic heterocycles. The minimum atomic E-state index is -0.678. The minimum absolute atomic E-state index is 0.000985. The second-order valence-corrected chi connectivity index (χ2v) is 9.38. The molecule has 174 valence electrons. The molecule has 1 unspecified atom stereocenters. The number of rotatable bonds is 10. The Labute approximate surface area is 183 Å². The molecule has 0 bridgehead atoms. The normalized spacial score (nSPS) is 13.0. The van der Waals surface area contributed by atoms with Crippen molar-refractivity contribution in [2.24, 2.45) is 0 Å². The molecule has 0 aliphatic carbocycles. The Morgan fingerprint density at radius 2 is 1.45 bits per heavy atom. The van der Waals surface area contributed by atoms with Gasteiger partial charge in [0.1, 0.15) is 11.2 Å². The van der Waals surface area contributed by atoms with E-state index in [-0.39, 0.29) is 25.4 Å². The van der Waals surface area contributed by atoms with Crippen LogP contribution in [-0.2, 0) is 25.5 Å². The molecule has 31 heavy (non-hydrogen) atoms. The van der Waals surface area contributed by atoms with Crippen molar-refractivity contribution >= 4 is 17.6 Å². The topological polar surface area (TPSA) is 119 Å².